The van der Waals surface area contributed by atoms with Crippen LogP contribution in [0.15, 0.2) is 4.99 Å². The van der Waals surface area contributed by atoms with E-state index in [4.69, 9.17) is 0 Å². The van der Waals surface area contributed by atoms with Crippen LogP contribution in [0.1, 0.15) is 19.3 Å². The van der Waals surface area contributed by atoms with E-state index < -0.39 is 12.8 Å². The predicted molar refractivity (Wildman–Crippen MR) is 91.8 cm³/mol. The molecule has 0 bridgehead atoms. The van der Waals surface area contributed by atoms with E-state index in [2.05, 4.69) is 20.4 Å². The van der Waals surface area contributed by atoms with Crippen LogP contribution < -0.4 is 10.6 Å². The van der Waals surface area contributed by atoms with Crippen molar-refractivity contribution in [3.8, 4) is 0 Å². The Balaban J connectivity index is 0.00000400. The molecule has 0 spiro atoms. The van der Waals surface area contributed by atoms with E-state index >= 15 is 0 Å². The molecule has 1 atom stereocenters. The quantitative estimate of drug-likeness (QED) is 0.276. The van der Waals surface area contributed by atoms with E-state index in [0.717, 1.165) is 6.54 Å². The van der Waals surface area contributed by atoms with Crippen LogP contribution in [0.5, 0.6) is 0 Å². The molecule has 2 N–H and O–H groups in total. The minimum atomic E-state index is -4.25. The number of aliphatic imine (C=N–C) groups is 1. The van der Waals surface area contributed by atoms with Crippen molar-refractivity contribution >= 4 is 41.7 Å². The summed E-state index contributed by atoms with van der Waals surface area (Å²) in [7, 11) is 1.68. The summed E-state index contributed by atoms with van der Waals surface area (Å²) in [4.78, 5) is 4.07. The molecule has 0 saturated carbocycles. The van der Waals surface area contributed by atoms with E-state index in [1.807, 2.05) is 11.8 Å². The van der Waals surface area contributed by atoms with Crippen LogP contribution in [0.4, 0.5) is 13.2 Å². The maximum absolute atomic E-state index is 11.8. The lowest BCUT2D eigenvalue weighted by atomic mass is 10.2. The van der Waals surface area contributed by atoms with E-state index in [1.165, 1.54) is 18.6 Å². The number of hydrogen-bond acceptors (Lipinski definition) is 3. The Morgan fingerprint density at radius 3 is 2.71 bits per heavy atom. The van der Waals surface area contributed by atoms with Gasteiger partial charge in [0, 0.05) is 32.0 Å². The zero-order chi connectivity index (χ0) is 14.8. The first kappa shape index (κ1) is 21.1. The van der Waals surface area contributed by atoms with E-state index in [1.54, 1.807) is 7.05 Å². The lowest BCUT2D eigenvalue weighted by Crippen LogP contribution is -2.40. The molecule has 0 aromatic heterocycles. The van der Waals surface area contributed by atoms with Gasteiger partial charge in [-0.05, 0) is 25.0 Å². The van der Waals surface area contributed by atoms with Crippen LogP contribution in [0, 0.1) is 0 Å². The van der Waals surface area contributed by atoms with Crippen molar-refractivity contribution in [2.45, 2.75) is 30.7 Å². The Bertz CT molecular complexity index is 300. The average molecular weight is 441 g/mol. The highest BCUT2D eigenvalue weighted by molar-refractivity contribution is 14.0. The van der Waals surface area contributed by atoms with Gasteiger partial charge in [-0.1, -0.05) is 0 Å². The topological polar surface area (TPSA) is 45.7 Å². The van der Waals surface area contributed by atoms with Gasteiger partial charge in [0.05, 0.1) is 0 Å². The van der Waals surface area contributed by atoms with Gasteiger partial charge in [-0.25, -0.2) is 0 Å². The summed E-state index contributed by atoms with van der Waals surface area (Å²) < 4.78 is 40.0. The lowest BCUT2D eigenvalue weighted by Gasteiger charge is -2.14. The van der Waals surface area contributed by atoms with Crippen LogP contribution in [0.3, 0.4) is 0 Å². The van der Waals surface area contributed by atoms with Crippen LogP contribution >= 0.6 is 35.7 Å². The fourth-order valence-electron chi connectivity index (χ4n) is 1.81. The third-order valence-corrected chi connectivity index (χ3v) is 4.17. The summed E-state index contributed by atoms with van der Waals surface area (Å²) in [6.07, 6.45) is -1.25. The number of hydrogen-bond donors (Lipinski definition) is 2. The number of alkyl halides is 3. The minimum Gasteiger partial charge on any atom is -0.372 e. The Morgan fingerprint density at radius 1 is 1.38 bits per heavy atom. The molecule has 9 heteroatoms. The van der Waals surface area contributed by atoms with Gasteiger partial charge < -0.3 is 15.4 Å². The predicted octanol–water partition coefficient (Wildman–Crippen LogP) is 2.63. The Hall–Kier alpha value is 0.1000. The third-order valence-electron chi connectivity index (χ3n) is 2.77. The number of guanidine groups is 1. The van der Waals surface area contributed by atoms with Gasteiger partial charge in [-0.3, -0.25) is 4.99 Å². The molecule has 1 heterocycles. The SMILES string of the molecule is CN=C(NCCCOCC(F)(F)F)NCC1CCCS1.I. The maximum atomic E-state index is 11.8. The van der Waals surface area contributed by atoms with Gasteiger partial charge in [-0.2, -0.15) is 24.9 Å². The Morgan fingerprint density at radius 2 is 2.14 bits per heavy atom. The number of rotatable bonds is 7. The van der Waals surface area contributed by atoms with Crippen LogP contribution in [0.25, 0.3) is 0 Å². The molecule has 126 valence electrons. The summed E-state index contributed by atoms with van der Waals surface area (Å²) in [5, 5.41) is 6.91. The molecule has 0 aromatic rings. The van der Waals surface area contributed by atoms with Crippen molar-refractivity contribution in [3.05, 3.63) is 0 Å². The van der Waals surface area contributed by atoms with Gasteiger partial charge in [0.15, 0.2) is 5.96 Å². The van der Waals surface area contributed by atoms with Gasteiger partial charge >= 0.3 is 6.18 Å². The monoisotopic (exact) mass is 441 g/mol. The van der Waals surface area contributed by atoms with Crippen molar-refractivity contribution in [3.63, 3.8) is 0 Å². The zero-order valence-corrected chi connectivity index (χ0v) is 15.2. The second-order valence-electron chi connectivity index (χ2n) is 4.54. The first-order valence-electron chi connectivity index (χ1n) is 6.72. The van der Waals surface area contributed by atoms with Gasteiger partial charge in [0.2, 0.25) is 0 Å². The number of halogens is 4. The molecular weight excluding hydrogens is 418 g/mol. The van der Waals surface area contributed by atoms with Crippen molar-refractivity contribution in [2.24, 2.45) is 4.99 Å². The number of nitrogens with zero attached hydrogens (tertiary/aromatic N) is 1. The third kappa shape index (κ3) is 11.3. The number of nitrogens with one attached hydrogen (secondary N) is 2. The number of thioether (sulfide) groups is 1. The molecule has 21 heavy (non-hydrogen) atoms. The average Bonchev–Trinajstić information content (AvgIpc) is 2.89. The molecule has 1 rings (SSSR count). The van der Waals surface area contributed by atoms with Gasteiger partial charge in [0.1, 0.15) is 6.61 Å². The molecule has 1 aliphatic heterocycles. The largest absolute Gasteiger partial charge is 0.411 e. The lowest BCUT2D eigenvalue weighted by molar-refractivity contribution is -0.173. The summed E-state index contributed by atoms with van der Waals surface area (Å²) >= 11 is 1.96. The van der Waals surface area contributed by atoms with Crippen molar-refractivity contribution in [1.82, 2.24) is 10.6 Å². The molecule has 0 aliphatic carbocycles. The summed E-state index contributed by atoms with van der Waals surface area (Å²) in [5.74, 6) is 1.91. The Labute approximate surface area is 145 Å². The van der Waals surface area contributed by atoms with Crippen LogP contribution in [0.2, 0.25) is 0 Å². The van der Waals surface area contributed by atoms with Crippen molar-refractivity contribution in [1.29, 1.82) is 0 Å². The standard InChI is InChI=1S/C12H22F3N3OS.HI/c1-16-11(18-8-10-4-2-7-20-10)17-5-3-6-19-9-12(13,14)15;/h10H,2-9H2,1H3,(H2,16,17,18);1H. The molecule has 0 aromatic carbocycles. The first-order chi connectivity index (χ1) is 9.51. The smallest absolute Gasteiger partial charge is 0.372 e. The highest BCUT2D eigenvalue weighted by atomic mass is 127. The van der Waals surface area contributed by atoms with Crippen molar-refractivity contribution in [2.75, 3.05) is 39.1 Å². The molecule has 0 radical (unpaired) electrons. The first-order valence-corrected chi connectivity index (χ1v) is 7.77. The summed E-state index contributed by atoms with van der Waals surface area (Å²) in [5.41, 5.74) is 0. The van der Waals surface area contributed by atoms with Gasteiger partial charge in [-0.15, -0.1) is 24.0 Å². The van der Waals surface area contributed by atoms with Gasteiger partial charge in [0.25, 0.3) is 0 Å². The highest BCUT2D eigenvalue weighted by Gasteiger charge is 2.27. The second-order valence-corrected chi connectivity index (χ2v) is 5.94. The van der Waals surface area contributed by atoms with E-state index in [9.17, 15) is 13.2 Å². The van der Waals surface area contributed by atoms with Crippen LogP contribution in [-0.2, 0) is 4.74 Å². The summed E-state index contributed by atoms with van der Waals surface area (Å²) in [6.45, 7) is 0.311. The second kappa shape index (κ2) is 11.6. The highest BCUT2D eigenvalue weighted by Crippen LogP contribution is 2.25. The molecule has 0 amide bonds. The normalized spacial score (nSPS) is 19.2. The number of ether oxygens (including phenoxy) is 1. The van der Waals surface area contributed by atoms with Crippen LogP contribution in [-0.4, -0.2) is 56.5 Å². The van der Waals surface area contributed by atoms with E-state index in [-0.39, 0.29) is 30.6 Å². The summed E-state index contributed by atoms with van der Waals surface area (Å²) in [6, 6.07) is 0. The fraction of sp³-hybridized carbons (Fsp3) is 0.917. The fourth-order valence-corrected chi connectivity index (χ4v) is 3.01. The maximum Gasteiger partial charge on any atom is 0.411 e. The zero-order valence-electron chi connectivity index (χ0n) is 12.0. The molecule has 1 aliphatic rings. The molecule has 1 saturated heterocycles. The van der Waals surface area contributed by atoms with Crippen molar-refractivity contribution < 1.29 is 17.9 Å². The molecular formula is C12H23F3IN3OS. The molecule has 4 nitrogen and oxygen atoms in total. The molecule has 1 fully saturated rings. The molecule has 1 unspecified atom stereocenters. The van der Waals surface area contributed by atoms with E-state index in [0.29, 0.717) is 24.2 Å². The minimum absolute atomic E-state index is 0. The Kier molecular flexibility index (Phi) is 11.7.